The zero-order valence-electron chi connectivity index (χ0n) is 11.7. The van der Waals surface area contributed by atoms with Gasteiger partial charge in [0, 0.05) is 25.4 Å². The van der Waals surface area contributed by atoms with Crippen LogP contribution in [0.4, 0.5) is 0 Å². The van der Waals surface area contributed by atoms with Gasteiger partial charge in [-0.1, -0.05) is 37.3 Å². The number of hydrogen-bond acceptors (Lipinski definition) is 2. The summed E-state index contributed by atoms with van der Waals surface area (Å²) >= 11 is 0. The van der Waals surface area contributed by atoms with Gasteiger partial charge in [-0.05, 0) is 17.9 Å². The molecule has 3 atom stereocenters. The van der Waals surface area contributed by atoms with E-state index in [1.165, 1.54) is 0 Å². The van der Waals surface area contributed by atoms with Crippen LogP contribution in [0.3, 0.4) is 0 Å². The van der Waals surface area contributed by atoms with E-state index in [1.54, 1.807) is 0 Å². The highest BCUT2D eigenvalue weighted by molar-refractivity contribution is 5.90. The molecular weight excluding hydrogens is 252 g/mol. The van der Waals surface area contributed by atoms with Crippen LogP contribution in [-0.4, -0.2) is 35.3 Å². The largest absolute Gasteiger partial charge is 0.344 e. The Bertz CT molecular complexity index is 514. The molecule has 1 aliphatic heterocycles. The molecule has 20 heavy (non-hydrogen) atoms. The molecule has 0 radical (unpaired) electrons. The normalized spacial score (nSPS) is 29.9. The fourth-order valence-electron chi connectivity index (χ4n) is 2.91. The highest BCUT2D eigenvalue weighted by Crippen LogP contribution is 2.36. The Labute approximate surface area is 119 Å². The van der Waals surface area contributed by atoms with E-state index in [1.807, 2.05) is 35.2 Å². The lowest BCUT2D eigenvalue weighted by Gasteiger charge is -2.24. The first-order chi connectivity index (χ1) is 9.65. The lowest BCUT2D eigenvalue weighted by molar-refractivity contribution is -0.134. The Balaban J connectivity index is 1.76. The third kappa shape index (κ3) is 2.69. The smallest absolute Gasteiger partial charge is 0.245 e. The van der Waals surface area contributed by atoms with Crippen molar-refractivity contribution < 1.29 is 9.59 Å². The predicted molar refractivity (Wildman–Crippen MR) is 76.0 cm³/mol. The molecule has 0 bridgehead atoms. The van der Waals surface area contributed by atoms with Crippen molar-refractivity contribution in [3.05, 3.63) is 35.9 Å². The molecule has 2 amide bonds. The van der Waals surface area contributed by atoms with E-state index in [9.17, 15) is 9.59 Å². The molecule has 0 spiro atoms. The van der Waals surface area contributed by atoms with Gasteiger partial charge in [0.15, 0.2) is 0 Å². The summed E-state index contributed by atoms with van der Waals surface area (Å²) in [7, 11) is 0. The van der Waals surface area contributed by atoms with Crippen molar-refractivity contribution in [2.24, 2.45) is 5.92 Å². The minimum absolute atomic E-state index is 0.0184. The van der Waals surface area contributed by atoms with Crippen LogP contribution in [0.25, 0.3) is 0 Å². The quantitative estimate of drug-likeness (QED) is 0.903. The SMILES string of the molecule is CC1CC1N1CCC(=O)NC(Cc2ccccc2)C1=O. The number of carbonyl (C=O) groups is 2. The second-order valence-electron chi connectivity index (χ2n) is 5.87. The van der Waals surface area contributed by atoms with Crippen LogP contribution in [0.15, 0.2) is 30.3 Å². The topological polar surface area (TPSA) is 49.4 Å². The fourth-order valence-corrected chi connectivity index (χ4v) is 2.91. The summed E-state index contributed by atoms with van der Waals surface area (Å²) in [5.41, 5.74) is 1.08. The van der Waals surface area contributed by atoms with Crippen LogP contribution >= 0.6 is 0 Å². The maximum atomic E-state index is 12.6. The monoisotopic (exact) mass is 272 g/mol. The Kier molecular flexibility index (Phi) is 3.47. The standard InChI is InChI=1S/C16H20N2O2/c1-11-9-14(11)18-8-7-15(19)17-13(16(18)20)10-12-5-3-2-4-6-12/h2-6,11,13-14H,7-10H2,1H3,(H,17,19). The van der Waals surface area contributed by atoms with Crippen molar-refractivity contribution >= 4 is 11.8 Å². The summed E-state index contributed by atoms with van der Waals surface area (Å²) in [6, 6.07) is 9.78. The molecule has 1 aromatic carbocycles. The van der Waals surface area contributed by atoms with Gasteiger partial charge in [0.1, 0.15) is 6.04 Å². The van der Waals surface area contributed by atoms with E-state index in [0.29, 0.717) is 31.3 Å². The van der Waals surface area contributed by atoms with Gasteiger partial charge in [0.2, 0.25) is 11.8 Å². The van der Waals surface area contributed by atoms with Crippen LogP contribution in [-0.2, 0) is 16.0 Å². The molecule has 0 aromatic heterocycles. The third-order valence-electron chi connectivity index (χ3n) is 4.25. The number of benzene rings is 1. The fraction of sp³-hybridized carbons (Fsp3) is 0.500. The minimum atomic E-state index is -0.416. The van der Waals surface area contributed by atoms with Gasteiger partial charge in [-0.25, -0.2) is 0 Å². The van der Waals surface area contributed by atoms with Crippen LogP contribution < -0.4 is 5.32 Å². The Morgan fingerprint density at radius 2 is 1.95 bits per heavy atom. The molecule has 106 valence electrons. The minimum Gasteiger partial charge on any atom is -0.344 e. The summed E-state index contributed by atoms with van der Waals surface area (Å²) in [6.07, 6.45) is 2.06. The molecular formula is C16H20N2O2. The highest BCUT2D eigenvalue weighted by Gasteiger charge is 2.43. The van der Waals surface area contributed by atoms with Gasteiger partial charge in [-0.2, -0.15) is 0 Å². The van der Waals surface area contributed by atoms with Crippen LogP contribution in [0, 0.1) is 5.92 Å². The number of nitrogens with zero attached hydrogens (tertiary/aromatic N) is 1. The Morgan fingerprint density at radius 1 is 1.25 bits per heavy atom. The summed E-state index contributed by atoms with van der Waals surface area (Å²) in [5, 5.41) is 2.87. The molecule has 1 saturated heterocycles. The van der Waals surface area contributed by atoms with E-state index in [4.69, 9.17) is 0 Å². The molecule has 3 unspecified atom stereocenters. The van der Waals surface area contributed by atoms with E-state index in [2.05, 4.69) is 12.2 Å². The van der Waals surface area contributed by atoms with Gasteiger partial charge in [0.25, 0.3) is 0 Å². The molecule has 1 N–H and O–H groups in total. The van der Waals surface area contributed by atoms with Gasteiger partial charge >= 0.3 is 0 Å². The van der Waals surface area contributed by atoms with Crippen molar-refractivity contribution in [2.75, 3.05) is 6.54 Å². The van der Waals surface area contributed by atoms with Crippen LogP contribution in [0.5, 0.6) is 0 Å². The Morgan fingerprint density at radius 3 is 2.60 bits per heavy atom. The average molecular weight is 272 g/mol. The molecule has 3 rings (SSSR count). The molecule has 1 aromatic rings. The predicted octanol–water partition coefficient (Wildman–Crippen LogP) is 1.35. The summed E-state index contributed by atoms with van der Waals surface area (Å²) in [4.78, 5) is 26.4. The Hall–Kier alpha value is -1.84. The lowest BCUT2D eigenvalue weighted by Crippen LogP contribution is -2.47. The second-order valence-corrected chi connectivity index (χ2v) is 5.87. The number of amides is 2. The first-order valence-electron chi connectivity index (χ1n) is 7.29. The number of hydrogen-bond donors (Lipinski definition) is 1. The molecule has 2 fully saturated rings. The molecule has 1 aliphatic carbocycles. The number of rotatable bonds is 3. The average Bonchev–Trinajstić information content (AvgIpc) is 3.17. The van der Waals surface area contributed by atoms with Gasteiger partial charge in [-0.3, -0.25) is 9.59 Å². The molecule has 4 nitrogen and oxygen atoms in total. The van der Waals surface area contributed by atoms with Crippen LogP contribution in [0.2, 0.25) is 0 Å². The summed E-state index contributed by atoms with van der Waals surface area (Å²) in [5.74, 6) is 0.633. The molecule has 1 heterocycles. The maximum absolute atomic E-state index is 12.6. The summed E-state index contributed by atoms with van der Waals surface area (Å²) < 4.78 is 0. The van der Waals surface area contributed by atoms with Gasteiger partial charge in [-0.15, -0.1) is 0 Å². The molecule has 1 saturated carbocycles. The summed E-state index contributed by atoms with van der Waals surface area (Å²) in [6.45, 7) is 2.72. The lowest BCUT2D eigenvalue weighted by atomic mass is 10.0. The first kappa shape index (κ1) is 13.2. The van der Waals surface area contributed by atoms with E-state index in [0.717, 1.165) is 12.0 Å². The second kappa shape index (κ2) is 5.27. The van der Waals surface area contributed by atoms with Gasteiger partial charge < -0.3 is 10.2 Å². The maximum Gasteiger partial charge on any atom is 0.245 e. The van der Waals surface area contributed by atoms with E-state index >= 15 is 0 Å². The van der Waals surface area contributed by atoms with Crippen molar-refractivity contribution in [1.82, 2.24) is 10.2 Å². The van der Waals surface area contributed by atoms with Crippen molar-refractivity contribution in [3.8, 4) is 0 Å². The van der Waals surface area contributed by atoms with Crippen LogP contribution in [0.1, 0.15) is 25.3 Å². The molecule has 2 aliphatic rings. The number of nitrogens with one attached hydrogen (secondary N) is 1. The number of carbonyl (C=O) groups excluding carboxylic acids is 2. The van der Waals surface area contributed by atoms with Gasteiger partial charge in [0.05, 0.1) is 0 Å². The van der Waals surface area contributed by atoms with E-state index < -0.39 is 6.04 Å². The van der Waals surface area contributed by atoms with Crippen molar-refractivity contribution in [3.63, 3.8) is 0 Å². The highest BCUT2D eigenvalue weighted by atomic mass is 16.2. The van der Waals surface area contributed by atoms with Crippen molar-refractivity contribution in [1.29, 1.82) is 0 Å². The zero-order chi connectivity index (χ0) is 14.1. The zero-order valence-corrected chi connectivity index (χ0v) is 11.7. The third-order valence-corrected chi connectivity index (χ3v) is 4.25. The first-order valence-corrected chi connectivity index (χ1v) is 7.29. The van der Waals surface area contributed by atoms with Crippen molar-refractivity contribution in [2.45, 2.75) is 38.3 Å². The van der Waals surface area contributed by atoms with E-state index in [-0.39, 0.29) is 11.8 Å². The molecule has 4 heteroatoms.